The Morgan fingerprint density at radius 3 is 2.30 bits per heavy atom. The highest BCUT2D eigenvalue weighted by Crippen LogP contribution is 2.33. The molecule has 46 heavy (non-hydrogen) atoms. The molecule has 1 aliphatic rings. The van der Waals surface area contributed by atoms with E-state index in [2.05, 4.69) is 30.0 Å². The summed E-state index contributed by atoms with van der Waals surface area (Å²) < 4.78 is 10.6. The van der Waals surface area contributed by atoms with Crippen LogP contribution in [-0.4, -0.2) is 72.0 Å². The van der Waals surface area contributed by atoms with Crippen molar-refractivity contribution in [2.24, 2.45) is 0 Å². The Morgan fingerprint density at radius 1 is 0.957 bits per heavy atom. The lowest BCUT2D eigenvalue weighted by Gasteiger charge is -2.37. The smallest absolute Gasteiger partial charge is 0.351 e. The van der Waals surface area contributed by atoms with E-state index in [1.54, 1.807) is 18.2 Å². The van der Waals surface area contributed by atoms with Crippen molar-refractivity contribution in [1.29, 1.82) is 0 Å². The van der Waals surface area contributed by atoms with Crippen molar-refractivity contribution in [3.05, 3.63) is 106 Å². The van der Waals surface area contributed by atoms with E-state index in [1.807, 2.05) is 56.4 Å². The van der Waals surface area contributed by atoms with Gasteiger partial charge in [0.25, 0.3) is 0 Å². The van der Waals surface area contributed by atoms with E-state index in [0.29, 0.717) is 27.2 Å². The van der Waals surface area contributed by atoms with Gasteiger partial charge in [-0.15, -0.1) is 0 Å². The molecule has 240 valence electrons. The number of piperazine rings is 1. The van der Waals surface area contributed by atoms with Crippen LogP contribution in [0.1, 0.15) is 31.9 Å². The normalized spacial score (nSPS) is 15.5. The Morgan fingerprint density at radius 2 is 1.67 bits per heavy atom. The Hall–Kier alpha value is -4.39. The number of benzene rings is 2. The topological polar surface area (TPSA) is 119 Å². The Bertz CT molecular complexity index is 1800. The second-order valence-electron chi connectivity index (χ2n) is 11.4. The maximum Gasteiger partial charge on any atom is 0.351 e. The Balaban J connectivity index is 1.06. The molecule has 1 fully saturated rings. The second-order valence-corrected chi connectivity index (χ2v) is 12.2. The maximum atomic E-state index is 12.7. The van der Waals surface area contributed by atoms with Crippen molar-refractivity contribution in [2.75, 3.05) is 42.6 Å². The van der Waals surface area contributed by atoms with Crippen molar-refractivity contribution in [3.8, 4) is 11.6 Å². The van der Waals surface area contributed by atoms with E-state index >= 15 is 0 Å². The van der Waals surface area contributed by atoms with E-state index in [9.17, 15) is 9.90 Å². The molecule has 0 saturated carbocycles. The van der Waals surface area contributed by atoms with Gasteiger partial charge >= 0.3 is 5.69 Å². The standard InChI is InChI=1S/C32H35Cl2N9O3/c1-3-23(2)43-31(44)42(22-38-43)30-11-7-26(17-36-30)40-14-12-39(13-15-40)25-5-8-27(9-6-25)46-19-32(45,18-41-21-35-20-37-41)28-10-4-24(33)16-29(28)34/h4-11,16-17,20-23,45H,3,12-15,18-19H2,1-2H3. The summed E-state index contributed by atoms with van der Waals surface area (Å²) in [5.74, 6) is 1.17. The van der Waals surface area contributed by atoms with E-state index in [4.69, 9.17) is 27.9 Å². The monoisotopic (exact) mass is 663 g/mol. The molecule has 2 unspecified atom stereocenters. The van der Waals surface area contributed by atoms with Gasteiger partial charge in [0.2, 0.25) is 0 Å². The molecular formula is C32H35Cl2N9O3. The van der Waals surface area contributed by atoms with Gasteiger partial charge in [-0.25, -0.2) is 28.7 Å². The third-order valence-electron chi connectivity index (χ3n) is 8.33. The van der Waals surface area contributed by atoms with Gasteiger partial charge in [0.05, 0.1) is 24.5 Å². The Labute approximate surface area is 276 Å². The molecule has 2 atom stereocenters. The summed E-state index contributed by atoms with van der Waals surface area (Å²) in [6.07, 6.45) is 7.10. The van der Waals surface area contributed by atoms with Crippen molar-refractivity contribution in [3.63, 3.8) is 0 Å². The summed E-state index contributed by atoms with van der Waals surface area (Å²) in [5, 5.41) is 20.9. The first-order chi connectivity index (χ1) is 22.2. The number of hydrogen-bond donors (Lipinski definition) is 1. The first-order valence-electron chi connectivity index (χ1n) is 15.1. The highest BCUT2D eigenvalue weighted by molar-refractivity contribution is 6.35. The van der Waals surface area contributed by atoms with Crippen LogP contribution in [0.4, 0.5) is 11.4 Å². The first-order valence-corrected chi connectivity index (χ1v) is 15.9. The molecule has 1 saturated heterocycles. The zero-order chi connectivity index (χ0) is 32.3. The third-order valence-corrected chi connectivity index (χ3v) is 8.88. The summed E-state index contributed by atoms with van der Waals surface area (Å²) >= 11 is 12.6. The minimum absolute atomic E-state index is 0.0314. The molecule has 3 aromatic heterocycles. The molecule has 1 aliphatic heterocycles. The van der Waals surface area contributed by atoms with Crippen molar-refractivity contribution in [2.45, 2.75) is 38.5 Å². The molecule has 14 heteroatoms. The van der Waals surface area contributed by atoms with Crippen LogP contribution in [-0.2, 0) is 12.1 Å². The van der Waals surface area contributed by atoms with Gasteiger partial charge in [0, 0.05) is 47.5 Å². The lowest BCUT2D eigenvalue weighted by molar-refractivity contribution is -0.0269. The summed E-state index contributed by atoms with van der Waals surface area (Å²) in [4.78, 5) is 25.9. The average molecular weight is 665 g/mol. The summed E-state index contributed by atoms with van der Waals surface area (Å²) in [7, 11) is 0. The number of pyridine rings is 1. The average Bonchev–Trinajstić information content (AvgIpc) is 3.73. The number of aromatic nitrogens is 7. The highest BCUT2D eigenvalue weighted by atomic mass is 35.5. The Kier molecular flexibility index (Phi) is 9.29. The number of halogens is 2. The number of anilines is 2. The van der Waals surface area contributed by atoms with Gasteiger partial charge < -0.3 is 19.6 Å². The first kappa shape index (κ1) is 31.6. The summed E-state index contributed by atoms with van der Waals surface area (Å²) in [6, 6.07) is 16.7. The van der Waals surface area contributed by atoms with Crippen LogP contribution in [0.15, 0.2) is 84.6 Å². The quantitative estimate of drug-likeness (QED) is 0.216. The lowest BCUT2D eigenvalue weighted by atomic mass is 9.94. The van der Waals surface area contributed by atoms with Crippen LogP contribution >= 0.6 is 23.2 Å². The fourth-order valence-corrected chi connectivity index (χ4v) is 6.08. The fourth-order valence-electron chi connectivity index (χ4n) is 5.49. The molecule has 0 aliphatic carbocycles. The molecule has 2 aromatic carbocycles. The van der Waals surface area contributed by atoms with Crippen LogP contribution in [0.3, 0.4) is 0 Å². The van der Waals surface area contributed by atoms with E-state index < -0.39 is 5.60 Å². The van der Waals surface area contributed by atoms with Crippen LogP contribution in [0.25, 0.3) is 5.82 Å². The van der Waals surface area contributed by atoms with Crippen LogP contribution in [0.5, 0.6) is 5.75 Å². The molecule has 1 N–H and O–H groups in total. The zero-order valence-electron chi connectivity index (χ0n) is 25.6. The van der Waals surface area contributed by atoms with Gasteiger partial charge in [0.1, 0.15) is 42.8 Å². The van der Waals surface area contributed by atoms with E-state index in [0.717, 1.165) is 44.0 Å². The van der Waals surface area contributed by atoms with E-state index in [-0.39, 0.29) is 24.9 Å². The molecule has 0 radical (unpaired) electrons. The summed E-state index contributed by atoms with van der Waals surface area (Å²) in [6.45, 7) is 7.33. The van der Waals surface area contributed by atoms with Crippen molar-refractivity contribution >= 4 is 34.6 Å². The largest absolute Gasteiger partial charge is 0.490 e. The number of hydrogen-bond acceptors (Lipinski definition) is 9. The van der Waals surface area contributed by atoms with Gasteiger partial charge in [-0.2, -0.15) is 10.2 Å². The van der Waals surface area contributed by atoms with Crippen LogP contribution < -0.4 is 20.2 Å². The molecule has 12 nitrogen and oxygen atoms in total. The van der Waals surface area contributed by atoms with E-state index in [1.165, 1.54) is 32.9 Å². The van der Waals surface area contributed by atoms with Crippen molar-refractivity contribution < 1.29 is 9.84 Å². The van der Waals surface area contributed by atoms with Crippen LogP contribution in [0.2, 0.25) is 10.0 Å². The maximum absolute atomic E-state index is 12.7. The molecule has 6 rings (SSSR count). The molecule has 0 amide bonds. The summed E-state index contributed by atoms with van der Waals surface area (Å²) in [5.41, 5.74) is 0.904. The minimum Gasteiger partial charge on any atom is -0.490 e. The predicted octanol–water partition coefficient (Wildman–Crippen LogP) is 4.59. The number of nitrogens with zero attached hydrogens (tertiary/aromatic N) is 9. The molecule has 5 aromatic rings. The van der Waals surface area contributed by atoms with Gasteiger partial charge in [-0.3, -0.25) is 0 Å². The van der Waals surface area contributed by atoms with Gasteiger partial charge in [-0.1, -0.05) is 36.2 Å². The molecule has 4 heterocycles. The number of rotatable bonds is 11. The lowest BCUT2D eigenvalue weighted by Crippen LogP contribution is -2.46. The number of aliphatic hydroxyl groups is 1. The predicted molar refractivity (Wildman–Crippen MR) is 177 cm³/mol. The van der Waals surface area contributed by atoms with Gasteiger partial charge in [0.15, 0.2) is 0 Å². The SMILES string of the molecule is CCC(C)n1ncn(-c2ccc(N3CCN(c4ccc(OCC(O)(Cn5cncn5)c5ccc(Cl)cc5Cl)cc4)CC3)cn2)c1=O. The molecule has 0 spiro atoms. The molecule has 0 bridgehead atoms. The van der Waals surface area contributed by atoms with Crippen LogP contribution in [0, 0.1) is 0 Å². The number of ether oxygens (including phenoxy) is 1. The molecular weight excluding hydrogens is 629 g/mol. The second kappa shape index (κ2) is 13.5. The van der Waals surface area contributed by atoms with Gasteiger partial charge in [-0.05, 0) is 61.9 Å². The van der Waals surface area contributed by atoms with Crippen molar-refractivity contribution in [1.82, 2.24) is 34.1 Å². The highest BCUT2D eigenvalue weighted by Gasteiger charge is 2.34. The zero-order valence-corrected chi connectivity index (χ0v) is 27.1. The third kappa shape index (κ3) is 6.74. The minimum atomic E-state index is -1.48. The fraction of sp³-hybridized carbons (Fsp3) is 0.344.